The number of carbonyl (C=O) groups is 1. The number of benzene rings is 3. The number of hydrogen-bond acceptors (Lipinski definition) is 4. The zero-order chi connectivity index (χ0) is 21.9. The van der Waals surface area contributed by atoms with Gasteiger partial charge in [0.15, 0.2) is 0 Å². The lowest BCUT2D eigenvalue weighted by molar-refractivity contribution is 0.0943. The van der Waals surface area contributed by atoms with Gasteiger partial charge in [-0.25, -0.2) is 0 Å². The van der Waals surface area contributed by atoms with Crippen molar-refractivity contribution in [2.75, 3.05) is 13.7 Å². The Bertz CT molecular complexity index is 893. The first kappa shape index (κ1) is 22.2. The number of hydrogen-bond donors (Lipinski definition) is 1. The van der Waals surface area contributed by atoms with Crippen LogP contribution in [0.15, 0.2) is 72.8 Å². The van der Waals surface area contributed by atoms with Gasteiger partial charge in [-0.05, 0) is 17.5 Å². The Hall–Kier alpha value is -3.47. The highest BCUT2D eigenvalue weighted by Gasteiger charge is 2.21. The summed E-state index contributed by atoms with van der Waals surface area (Å²) >= 11 is 0. The Kier molecular flexibility index (Phi) is 8.35. The Labute approximate surface area is 184 Å². The molecule has 0 saturated heterocycles. The number of ether oxygens (including phenoxy) is 3. The van der Waals surface area contributed by atoms with E-state index in [1.54, 1.807) is 19.2 Å². The van der Waals surface area contributed by atoms with Crippen LogP contribution in [-0.4, -0.2) is 19.6 Å². The van der Waals surface area contributed by atoms with Gasteiger partial charge in [0.1, 0.15) is 36.0 Å². The zero-order valence-corrected chi connectivity index (χ0v) is 18.1. The molecule has 0 unspecified atom stereocenters. The molecule has 0 aliphatic heterocycles. The molecule has 0 aromatic heterocycles. The van der Waals surface area contributed by atoms with Crippen LogP contribution in [0.25, 0.3) is 0 Å². The molecule has 0 radical (unpaired) electrons. The molecule has 0 spiro atoms. The highest BCUT2D eigenvalue weighted by molar-refractivity contribution is 6.00. The van der Waals surface area contributed by atoms with Crippen molar-refractivity contribution in [2.45, 2.75) is 33.0 Å². The summed E-state index contributed by atoms with van der Waals surface area (Å²) in [5, 5.41) is 2.97. The summed E-state index contributed by atoms with van der Waals surface area (Å²) in [7, 11) is 1.58. The van der Waals surface area contributed by atoms with Crippen molar-refractivity contribution in [3.8, 4) is 17.2 Å². The summed E-state index contributed by atoms with van der Waals surface area (Å²) in [4.78, 5) is 13.1. The molecule has 1 amide bonds. The van der Waals surface area contributed by atoms with Gasteiger partial charge in [0, 0.05) is 18.7 Å². The molecule has 0 saturated carbocycles. The van der Waals surface area contributed by atoms with E-state index < -0.39 is 0 Å². The Balaban J connectivity index is 1.90. The standard InChI is InChI=1S/C26H29NO4/c1-3-4-15-27-26(28)25-23(30-18-20-11-7-5-8-12-20)16-22(29-2)17-24(25)31-19-21-13-9-6-10-14-21/h5-14,16-17H,3-4,15,18-19H2,1-2H3,(H,27,28). The first-order valence-electron chi connectivity index (χ1n) is 10.5. The summed E-state index contributed by atoms with van der Waals surface area (Å²) in [5.41, 5.74) is 2.40. The Morgan fingerprint density at radius 2 is 1.35 bits per heavy atom. The van der Waals surface area contributed by atoms with E-state index in [0.29, 0.717) is 42.6 Å². The Morgan fingerprint density at radius 3 is 1.81 bits per heavy atom. The molecule has 0 heterocycles. The molecule has 0 atom stereocenters. The molecule has 1 N–H and O–H groups in total. The summed E-state index contributed by atoms with van der Waals surface area (Å²) < 4.78 is 17.6. The maximum Gasteiger partial charge on any atom is 0.258 e. The summed E-state index contributed by atoms with van der Waals surface area (Å²) in [5.74, 6) is 1.21. The van der Waals surface area contributed by atoms with E-state index in [1.807, 2.05) is 60.7 Å². The summed E-state index contributed by atoms with van der Waals surface area (Å²) in [6, 6.07) is 23.1. The van der Waals surface area contributed by atoms with Crippen molar-refractivity contribution < 1.29 is 19.0 Å². The molecule has 31 heavy (non-hydrogen) atoms. The van der Waals surface area contributed by atoms with Crippen LogP contribution in [0.1, 0.15) is 41.3 Å². The number of unbranched alkanes of at least 4 members (excludes halogenated alkanes) is 1. The van der Waals surface area contributed by atoms with Crippen LogP contribution in [0.2, 0.25) is 0 Å². The molecule has 5 heteroatoms. The van der Waals surface area contributed by atoms with Crippen molar-refractivity contribution in [1.29, 1.82) is 0 Å². The molecular formula is C26H29NO4. The van der Waals surface area contributed by atoms with E-state index in [2.05, 4.69) is 12.2 Å². The van der Waals surface area contributed by atoms with Crippen LogP contribution >= 0.6 is 0 Å². The van der Waals surface area contributed by atoms with Crippen molar-refractivity contribution >= 4 is 5.91 Å². The van der Waals surface area contributed by atoms with Crippen LogP contribution < -0.4 is 19.5 Å². The number of carbonyl (C=O) groups excluding carboxylic acids is 1. The number of nitrogens with one attached hydrogen (secondary N) is 1. The van der Waals surface area contributed by atoms with E-state index in [-0.39, 0.29) is 5.91 Å². The normalized spacial score (nSPS) is 10.4. The predicted molar refractivity (Wildman–Crippen MR) is 122 cm³/mol. The largest absolute Gasteiger partial charge is 0.496 e. The first-order valence-corrected chi connectivity index (χ1v) is 10.5. The fraction of sp³-hybridized carbons (Fsp3) is 0.269. The van der Waals surface area contributed by atoms with Gasteiger partial charge in [-0.3, -0.25) is 4.79 Å². The molecule has 3 aromatic rings. The molecular weight excluding hydrogens is 390 g/mol. The molecule has 0 aliphatic rings. The minimum Gasteiger partial charge on any atom is -0.496 e. The minimum absolute atomic E-state index is 0.220. The van der Waals surface area contributed by atoms with E-state index in [0.717, 1.165) is 24.0 Å². The quantitative estimate of drug-likeness (QED) is 0.424. The number of rotatable bonds is 11. The van der Waals surface area contributed by atoms with Gasteiger partial charge in [-0.2, -0.15) is 0 Å². The smallest absolute Gasteiger partial charge is 0.258 e. The third kappa shape index (κ3) is 6.51. The van der Waals surface area contributed by atoms with Gasteiger partial charge in [-0.1, -0.05) is 74.0 Å². The van der Waals surface area contributed by atoms with Crippen LogP contribution in [0, 0.1) is 0 Å². The van der Waals surface area contributed by atoms with Gasteiger partial charge in [0.2, 0.25) is 0 Å². The molecule has 3 aromatic carbocycles. The first-order chi connectivity index (χ1) is 15.2. The minimum atomic E-state index is -0.220. The van der Waals surface area contributed by atoms with Crippen molar-refractivity contribution in [3.05, 3.63) is 89.5 Å². The molecule has 162 valence electrons. The lowest BCUT2D eigenvalue weighted by atomic mass is 10.1. The maximum atomic E-state index is 13.1. The SMILES string of the molecule is CCCCNC(=O)c1c(OCc2ccccc2)cc(OC)cc1OCc1ccccc1. The third-order valence-corrected chi connectivity index (χ3v) is 4.79. The molecule has 0 aliphatic carbocycles. The van der Waals surface area contributed by atoms with Crippen LogP contribution in [-0.2, 0) is 13.2 Å². The van der Waals surface area contributed by atoms with Gasteiger partial charge in [-0.15, -0.1) is 0 Å². The van der Waals surface area contributed by atoms with Gasteiger partial charge in [0.05, 0.1) is 7.11 Å². The second-order valence-electron chi connectivity index (χ2n) is 7.16. The number of methoxy groups -OCH3 is 1. The van der Waals surface area contributed by atoms with Crippen molar-refractivity contribution in [2.24, 2.45) is 0 Å². The lowest BCUT2D eigenvalue weighted by Crippen LogP contribution is -2.25. The van der Waals surface area contributed by atoms with E-state index >= 15 is 0 Å². The zero-order valence-electron chi connectivity index (χ0n) is 18.1. The number of amides is 1. The summed E-state index contributed by atoms with van der Waals surface area (Å²) in [6.07, 6.45) is 1.90. The third-order valence-electron chi connectivity index (χ3n) is 4.79. The molecule has 5 nitrogen and oxygen atoms in total. The van der Waals surface area contributed by atoms with Gasteiger partial charge >= 0.3 is 0 Å². The molecule has 0 fully saturated rings. The monoisotopic (exact) mass is 419 g/mol. The van der Waals surface area contributed by atoms with E-state index in [4.69, 9.17) is 14.2 Å². The average molecular weight is 420 g/mol. The van der Waals surface area contributed by atoms with Crippen molar-refractivity contribution in [3.63, 3.8) is 0 Å². The van der Waals surface area contributed by atoms with E-state index in [1.165, 1.54) is 0 Å². The average Bonchev–Trinajstić information content (AvgIpc) is 2.82. The maximum absolute atomic E-state index is 13.1. The van der Waals surface area contributed by atoms with Crippen LogP contribution in [0.3, 0.4) is 0 Å². The lowest BCUT2D eigenvalue weighted by Gasteiger charge is -2.18. The van der Waals surface area contributed by atoms with E-state index in [9.17, 15) is 4.79 Å². The highest BCUT2D eigenvalue weighted by atomic mass is 16.5. The van der Waals surface area contributed by atoms with Crippen LogP contribution in [0.4, 0.5) is 0 Å². The highest BCUT2D eigenvalue weighted by Crippen LogP contribution is 2.35. The second-order valence-corrected chi connectivity index (χ2v) is 7.16. The summed E-state index contributed by atoms with van der Waals surface area (Å²) in [6.45, 7) is 3.35. The second kappa shape index (κ2) is 11.6. The fourth-order valence-electron chi connectivity index (χ4n) is 3.07. The van der Waals surface area contributed by atoms with Gasteiger partial charge < -0.3 is 19.5 Å². The Morgan fingerprint density at radius 1 is 0.839 bits per heavy atom. The fourth-order valence-corrected chi connectivity index (χ4v) is 3.07. The van der Waals surface area contributed by atoms with Crippen LogP contribution in [0.5, 0.6) is 17.2 Å². The molecule has 0 bridgehead atoms. The van der Waals surface area contributed by atoms with Gasteiger partial charge in [0.25, 0.3) is 5.91 Å². The van der Waals surface area contributed by atoms with Crippen molar-refractivity contribution in [1.82, 2.24) is 5.32 Å². The topological polar surface area (TPSA) is 56.8 Å². The molecule has 3 rings (SSSR count). The predicted octanol–water partition coefficient (Wildman–Crippen LogP) is 5.38.